The Morgan fingerprint density at radius 1 is 1.47 bits per heavy atom. The van der Waals surface area contributed by atoms with Crippen molar-refractivity contribution >= 4 is 28.3 Å². The van der Waals surface area contributed by atoms with E-state index in [4.69, 9.17) is 11.0 Å². The molecule has 5 heteroatoms. The fraction of sp³-hybridized carbons (Fsp3) is 0. The van der Waals surface area contributed by atoms with Gasteiger partial charge < -0.3 is 5.73 Å². The lowest BCUT2D eigenvalue weighted by atomic mass is 10.2. The number of nitrogens with two attached hydrogens (primary N) is 1. The van der Waals surface area contributed by atoms with Gasteiger partial charge in [-0.1, -0.05) is 0 Å². The average molecular weight is 310 g/mol. The largest absolute Gasteiger partial charge is 0.398 e. The third kappa shape index (κ3) is 1.94. The molecule has 0 aliphatic heterocycles. The number of anilines is 1. The zero-order valence-electron chi connectivity index (χ0n) is 7.68. The highest BCUT2D eigenvalue weighted by molar-refractivity contribution is 14.1. The molecule has 0 saturated carbocycles. The van der Waals surface area contributed by atoms with Crippen LogP contribution in [0.2, 0.25) is 0 Å². The minimum Gasteiger partial charge on any atom is -0.398 e. The molecule has 1 aromatic carbocycles. The second-order valence-electron chi connectivity index (χ2n) is 2.99. The number of nitriles is 1. The number of aromatic nitrogens is 2. The van der Waals surface area contributed by atoms with Gasteiger partial charge in [-0.3, -0.25) is 0 Å². The van der Waals surface area contributed by atoms with Crippen molar-refractivity contribution in [3.05, 3.63) is 39.7 Å². The Morgan fingerprint density at radius 3 is 2.87 bits per heavy atom. The van der Waals surface area contributed by atoms with Crippen LogP contribution in [0.3, 0.4) is 0 Å². The Morgan fingerprint density at radius 2 is 2.27 bits per heavy atom. The fourth-order valence-corrected chi connectivity index (χ4v) is 1.61. The molecule has 0 aliphatic carbocycles. The predicted molar refractivity (Wildman–Crippen MR) is 65.4 cm³/mol. The molecule has 0 amide bonds. The molecule has 0 unspecified atom stereocenters. The van der Waals surface area contributed by atoms with Crippen molar-refractivity contribution in [1.29, 1.82) is 5.26 Å². The van der Waals surface area contributed by atoms with Gasteiger partial charge in [0, 0.05) is 11.9 Å². The van der Waals surface area contributed by atoms with E-state index in [2.05, 4.69) is 27.7 Å². The second kappa shape index (κ2) is 3.90. The zero-order valence-corrected chi connectivity index (χ0v) is 9.84. The van der Waals surface area contributed by atoms with Crippen molar-refractivity contribution in [2.45, 2.75) is 0 Å². The van der Waals surface area contributed by atoms with Gasteiger partial charge in [-0.05, 0) is 40.8 Å². The number of benzene rings is 1. The van der Waals surface area contributed by atoms with Crippen LogP contribution in [0, 0.1) is 14.9 Å². The molecule has 2 rings (SSSR count). The van der Waals surface area contributed by atoms with Crippen molar-refractivity contribution < 1.29 is 0 Å². The van der Waals surface area contributed by atoms with Gasteiger partial charge in [0.1, 0.15) is 6.07 Å². The summed E-state index contributed by atoms with van der Waals surface area (Å²) in [5.41, 5.74) is 7.43. The van der Waals surface area contributed by atoms with Gasteiger partial charge in [-0.15, -0.1) is 0 Å². The van der Waals surface area contributed by atoms with E-state index < -0.39 is 0 Å². The molecule has 0 aliphatic rings. The summed E-state index contributed by atoms with van der Waals surface area (Å²) in [7, 11) is 0. The molecule has 2 aromatic rings. The summed E-state index contributed by atoms with van der Waals surface area (Å²) in [6.07, 6.45) is 3.64. The lowest BCUT2D eigenvalue weighted by Crippen LogP contribution is -1.97. The maximum absolute atomic E-state index is 8.83. The molecule has 4 nitrogen and oxygen atoms in total. The van der Waals surface area contributed by atoms with E-state index >= 15 is 0 Å². The quantitative estimate of drug-likeness (QED) is 0.646. The van der Waals surface area contributed by atoms with Crippen LogP contribution in [0.5, 0.6) is 0 Å². The Bertz CT molecular complexity index is 539. The number of nitrogen functional groups attached to an aromatic ring is 1. The van der Waals surface area contributed by atoms with Crippen LogP contribution in [0.4, 0.5) is 5.69 Å². The van der Waals surface area contributed by atoms with Gasteiger partial charge in [-0.2, -0.15) is 10.4 Å². The zero-order chi connectivity index (χ0) is 10.8. The molecular weight excluding hydrogens is 303 g/mol. The highest BCUT2D eigenvalue weighted by Crippen LogP contribution is 2.16. The monoisotopic (exact) mass is 310 g/mol. The number of halogens is 1. The van der Waals surface area contributed by atoms with E-state index in [0.717, 1.165) is 9.26 Å². The maximum atomic E-state index is 8.83. The summed E-state index contributed by atoms with van der Waals surface area (Å²) in [4.78, 5) is 0. The first-order valence-electron chi connectivity index (χ1n) is 4.21. The van der Waals surface area contributed by atoms with Gasteiger partial charge in [-0.25, -0.2) is 4.68 Å². The molecule has 0 atom stereocenters. The van der Waals surface area contributed by atoms with E-state index in [0.29, 0.717) is 11.3 Å². The molecule has 1 aromatic heterocycles. The van der Waals surface area contributed by atoms with E-state index in [-0.39, 0.29) is 0 Å². The lowest BCUT2D eigenvalue weighted by Gasteiger charge is -2.02. The first-order valence-corrected chi connectivity index (χ1v) is 5.29. The Balaban J connectivity index is 2.51. The topological polar surface area (TPSA) is 67.6 Å². The summed E-state index contributed by atoms with van der Waals surface area (Å²) in [6, 6.07) is 7.31. The number of hydrogen-bond donors (Lipinski definition) is 1. The molecule has 0 fully saturated rings. The normalized spacial score (nSPS) is 9.87. The SMILES string of the molecule is N#Cc1cc(-n2cc(I)cn2)ccc1N. The summed E-state index contributed by atoms with van der Waals surface area (Å²) in [5, 5.41) is 13.0. The molecule has 0 spiro atoms. The van der Waals surface area contributed by atoms with Crippen LogP contribution in [0.15, 0.2) is 30.6 Å². The standard InChI is InChI=1S/C10H7IN4/c11-8-5-14-15(6-8)9-1-2-10(13)7(3-9)4-12/h1-3,5-6H,13H2. The number of rotatable bonds is 1. The third-order valence-electron chi connectivity index (χ3n) is 1.97. The van der Waals surface area contributed by atoms with Gasteiger partial charge in [0.15, 0.2) is 0 Å². The van der Waals surface area contributed by atoms with Gasteiger partial charge in [0.25, 0.3) is 0 Å². The summed E-state index contributed by atoms with van der Waals surface area (Å²) >= 11 is 2.18. The summed E-state index contributed by atoms with van der Waals surface area (Å²) in [6.45, 7) is 0. The third-order valence-corrected chi connectivity index (χ3v) is 2.53. The van der Waals surface area contributed by atoms with Crippen molar-refractivity contribution in [2.24, 2.45) is 0 Å². The molecule has 0 saturated heterocycles. The van der Waals surface area contributed by atoms with Gasteiger partial charge in [0.05, 0.1) is 21.0 Å². The highest BCUT2D eigenvalue weighted by atomic mass is 127. The molecule has 1 heterocycles. The average Bonchev–Trinajstić information content (AvgIpc) is 2.66. The van der Waals surface area contributed by atoms with Crippen LogP contribution in [0.1, 0.15) is 5.56 Å². The molecule has 74 valence electrons. The smallest absolute Gasteiger partial charge is 0.101 e. The molecule has 0 radical (unpaired) electrons. The van der Waals surface area contributed by atoms with Crippen LogP contribution in [-0.2, 0) is 0 Å². The van der Waals surface area contributed by atoms with Gasteiger partial charge in [0.2, 0.25) is 0 Å². The Kier molecular flexibility index (Phi) is 2.60. The van der Waals surface area contributed by atoms with Crippen molar-refractivity contribution in [3.63, 3.8) is 0 Å². The summed E-state index contributed by atoms with van der Waals surface area (Å²) in [5.74, 6) is 0. The lowest BCUT2D eigenvalue weighted by molar-refractivity contribution is 0.880. The van der Waals surface area contributed by atoms with Crippen molar-refractivity contribution in [2.75, 3.05) is 5.73 Å². The number of hydrogen-bond acceptors (Lipinski definition) is 3. The molecular formula is C10H7IN4. The predicted octanol–water partition coefficient (Wildman–Crippen LogP) is 1.93. The second-order valence-corrected chi connectivity index (χ2v) is 4.23. The minimum atomic E-state index is 0.470. The first kappa shape index (κ1) is 9.98. The van der Waals surface area contributed by atoms with E-state index in [1.165, 1.54) is 0 Å². The minimum absolute atomic E-state index is 0.470. The number of nitrogens with zero attached hydrogens (tertiary/aromatic N) is 3. The molecule has 15 heavy (non-hydrogen) atoms. The molecule has 2 N–H and O–H groups in total. The highest BCUT2D eigenvalue weighted by Gasteiger charge is 2.03. The van der Waals surface area contributed by atoms with Crippen LogP contribution < -0.4 is 5.73 Å². The Hall–Kier alpha value is -1.55. The first-order chi connectivity index (χ1) is 7.20. The van der Waals surface area contributed by atoms with Crippen LogP contribution in [-0.4, -0.2) is 9.78 Å². The van der Waals surface area contributed by atoms with E-state index in [1.54, 1.807) is 23.0 Å². The van der Waals surface area contributed by atoms with Gasteiger partial charge >= 0.3 is 0 Å². The van der Waals surface area contributed by atoms with Crippen LogP contribution in [0.25, 0.3) is 5.69 Å². The Labute approximate surface area is 100 Å². The van der Waals surface area contributed by atoms with Crippen molar-refractivity contribution in [3.8, 4) is 11.8 Å². The van der Waals surface area contributed by atoms with E-state index in [1.807, 2.05) is 18.3 Å². The van der Waals surface area contributed by atoms with Crippen molar-refractivity contribution in [1.82, 2.24) is 9.78 Å². The van der Waals surface area contributed by atoms with E-state index in [9.17, 15) is 0 Å². The molecule has 0 bridgehead atoms. The van der Waals surface area contributed by atoms with Crippen LogP contribution >= 0.6 is 22.6 Å². The fourth-order valence-electron chi connectivity index (χ4n) is 1.23. The maximum Gasteiger partial charge on any atom is 0.101 e. The summed E-state index contributed by atoms with van der Waals surface area (Å²) < 4.78 is 2.75.